The monoisotopic (exact) mass is 394 g/mol. The number of benzene rings is 2. The van der Waals surface area contributed by atoms with Gasteiger partial charge in [0.1, 0.15) is 12.2 Å². The second-order valence-electron chi connectivity index (χ2n) is 5.86. The van der Waals surface area contributed by atoms with Crippen LogP contribution < -0.4 is 18.9 Å². The van der Waals surface area contributed by atoms with Crippen LogP contribution in [0.2, 0.25) is 0 Å². The van der Waals surface area contributed by atoms with Gasteiger partial charge >= 0.3 is 0 Å². The van der Waals surface area contributed by atoms with Crippen molar-refractivity contribution in [2.45, 2.75) is 12.2 Å². The topological polar surface area (TPSA) is 95.8 Å². The Hall–Kier alpha value is -2.84. The van der Waals surface area contributed by atoms with Crippen LogP contribution in [0.1, 0.15) is 23.3 Å². The summed E-state index contributed by atoms with van der Waals surface area (Å²) in [5.74, 6) is 0.759. The van der Waals surface area contributed by atoms with Crippen LogP contribution in [-0.2, 0) is 9.47 Å². The van der Waals surface area contributed by atoms with Crippen LogP contribution >= 0.6 is 0 Å². The average molecular weight is 394 g/mol. The molecule has 2 N–H and O–H groups in total. The lowest BCUT2D eigenvalue weighted by atomic mass is 9.96. The van der Waals surface area contributed by atoms with Crippen molar-refractivity contribution in [3.63, 3.8) is 0 Å². The van der Waals surface area contributed by atoms with E-state index in [2.05, 4.69) is 0 Å². The first-order chi connectivity index (χ1) is 13.4. The molecule has 0 bridgehead atoms. The molecule has 0 amide bonds. The Morgan fingerprint density at radius 1 is 0.536 bits per heavy atom. The highest BCUT2D eigenvalue weighted by Crippen LogP contribution is 2.45. The number of phenols is 2. The lowest BCUT2D eigenvalue weighted by Gasteiger charge is -2.27. The van der Waals surface area contributed by atoms with E-state index in [9.17, 15) is 10.2 Å². The fourth-order valence-electron chi connectivity index (χ4n) is 3.02. The lowest BCUT2D eigenvalue weighted by molar-refractivity contribution is -0.0400. The Morgan fingerprint density at radius 3 is 0.964 bits per heavy atom. The summed E-state index contributed by atoms with van der Waals surface area (Å²) in [6.45, 7) is 0. The van der Waals surface area contributed by atoms with E-state index in [0.29, 0.717) is 11.1 Å². The van der Waals surface area contributed by atoms with Crippen molar-refractivity contribution in [2.75, 3.05) is 42.7 Å². The molecule has 0 fully saturated rings. The van der Waals surface area contributed by atoms with Gasteiger partial charge in [-0.25, -0.2) is 0 Å². The fourth-order valence-corrected chi connectivity index (χ4v) is 3.02. The number of rotatable bonds is 9. The first kappa shape index (κ1) is 21.5. The Morgan fingerprint density at radius 2 is 0.786 bits per heavy atom. The molecule has 2 aromatic rings. The summed E-state index contributed by atoms with van der Waals surface area (Å²) in [7, 11) is 8.87. The SMILES string of the molecule is COc1cc(C(OC)C(OC)c2cc(OC)c(O)c(OC)c2)cc(OC)c1O. The van der Waals surface area contributed by atoms with Crippen molar-refractivity contribution in [1.29, 1.82) is 0 Å². The zero-order valence-corrected chi connectivity index (χ0v) is 16.8. The first-order valence-corrected chi connectivity index (χ1v) is 8.40. The van der Waals surface area contributed by atoms with Gasteiger partial charge in [-0.1, -0.05) is 0 Å². The minimum absolute atomic E-state index is 0.106. The lowest BCUT2D eigenvalue weighted by Crippen LogP contribution is -2.16. The Balaban J connectivity index is 2.58. The summed E-state index contributed by atoms with van der Waals surface area (Å²) in [5.41, 5.74) is 1.32. The van der Waals surface area contributed by atoms with Crippen molar-refractivity contribution >= 4 is 0 Å². The summed E-state index contributed by atoms with van der Waals surface area (Å²) in [6, 6.07) is 6.58. The maximum atomic E-state index is 10.2. The smallest absolute Gasteiger partial charge is 0.200 e. The van der Waals surface area contributed by atoms with E-state index in [1.165, 1.54) is 42.7 Å². The third kappa shape index (κ3) is 4.02. The summed E-state index contributed by atoms with van der Waals surface area (Å²) in [6.07, 6.45) is -1.18. The minimum Gasteiger partial charge on any atom is -0.502 e. The molecular formula is C20H26O8. The van der Waals surface area contributed by atoms with E-state index in [0.717, 1.165) is 0 Å². The molecule has 154 valence electrons. The van der Waals surface area contributed by atoms with Crippen molar-refractivity contribution in [2.24, 2.45) is 0 Å². The van der Waals surface area contributed by atoms with Crippen LogP contribution in [0.3, 0.4) is 0 Å². The van der Waals surface area contributed by atoms with Gasteiger partial charge in [0, 0.05) is 14.2 Å². The number of methoxy groups -OCH3 is 6. The molecule has 2 atom stereocenters. The average Bonchev–Trinajstić information content (AvgIpc) is 2.72. The second kappa shape index (κ2) is 9.38. The Bertz CT molecular complexity index is 687. The minimum atomic E-state index is -0.590. The number of phenolic OH excluding ortho intramolecular Hbond substituents is 2. The normalized spacial score (nSPS) is 12.9. The van der Waals surface area contributed by atoms with Crippen molar-refractivity contribution < 1.29 is 38.6 Å². The predicted molar refractivity (Wildman–Crippen MR) is 102 cm³/mol. The van der Waals surface area contributed by atoms with E-state index in [1.54, 1.807) is 24.3 Å². The zero-order valence-electron chi connectivity index (χ0n) is 16.8. The molecule has 0 spiro atoms. The molecule has 0 heterocycles. The van der Waals surface area contributed by atoms with Crippen molar-refractivity contribution in [3.05, 3.63) is 35.4 Å². The maximum absolute atomic E-state index is 10.2. The summed E-state index contributed by atoms with van der Waals surface area (Å²) >= 11 is 0. The van der Waals surface area contributed by atoms with E-state index in [4.69, 9.17) is 28.4 Å². The number of aromatic hydroxyl groups is 2. The van der Waals surface area contributed by atoms with Gasteiger partial charge in [-0.15, -0.1) is 0 Å². The summed E-state index contributed by atoms with van der Waals surface area (Å²) in [4.78, 5) is 0. The highest BCUT2D eigenvalue weighted by Gasteiger charge is 2.29. The summed E-state index contributed by atoms with van der Waals surface area (Å²) in [5, 5.41) is 20.3. The molecular weight excluding hydrogens is 368 g/mol. The first-order valence-electron chi connectivity index (χ1n) is 8.40. The Kier molecular flexibility index (Phi) is 7.19. The van der Waals surface area contributed by atoms with Crippen LogP contribution in [0, 0.1) is 0 Å². The molecule has 0 aliphatic rings. The van der Waals surface area contributed by atoms with Crippen LogP contribution in [0.15, 0.2) is 24.3 Å². The molecule has 2 aromatic carbocycles. The van der Waals surface area contributed by atoms with E-state index >= 15 is 0 Å². The molecule has 28 heavy (non-hydrogen) atoms. The predicted octanol–water partition coefficient (Wildman–Crippen LogP) is 3.21. The van der Waals surface area contributed by atoms with Crippen LogP contribution in [0.4, 0.5) is 0 Å². The molecule has 2 rings (SSSR count). The molecule has 2 unspecified atom stereocenters. The molecule has 0 aromatic heterocycles. The van der Waals surface area contributed by atoms with Crippen molar-refractivity contribution in [1.82, 2.24) is 0 Å². The highest BCUT2D eigenvalue weighted by molar-refractivity contribution is 5.55. The molecule has 0 saturated carbocycles. The van der Waals surface area contributed by atoms with Gasteiger partial charge in [0.25, 0.3) is 0 Å². The Labute approximate surface area is 164 Å². The van der Waals surface area contributed by atoms with Gasteiger partial charge in [-0.05, 0) is 35.4 Å². The van der Waals surface area contributed by atoms with Crippen molar-refractivity contribution in [3.8, 4) is 34.5 Å². The van der Waals surface area contributed by atoms with Crippen LogP contribution in [0.25, 0.3) is 0 Å². The van der Waals surface area contributed by atoms with E-state index < -0.39 is 12.2 Å². The van der Waals surface area contributed by atoms with Gasteiger partial charge in [-0.2, -0.15) is 0 Å². The zero-order chi connectivity index (χ0) is 20.8. The summed E-state index contributed by atoms with van der Waals surface area (Å²) < 4.78 is 32.3. The molecule has 0 radical (unpaired) electrons. The van der Waals surface area contributed by atoms with Gasteiger partial charge in [0.2, 0.25) is 11.5 Å². The quantitative estimate of drug-likeness (QED) is 0.669. The van der Waals surface area contributed by atoms with E-state index in [-0.39, 0.29) is 34.5 Å². The molecule has 8 nitrogen and oxygen atoms in total. The van der Waals surface area contributed by atoms with E-state index in [1.807, 2.05) is 0 Å². The number of hydrogen-bond acceptors (Lipinski definition) is 8. The third-order valence-electron chi connectivity index (χ3n) is 4.44. The maximum Gasteiger partial charge on any atom is 0.200 e. The van der Waals surface area contributed by atoms with Crippen LogP contribution in [0.5, 0.6) is 34.5 Å². The van der Waals surface area contributed by atoms with Crippen LogP contribution in [-0.4, -0.2) is 52.9 Å². The standard InChI is InChI=1S/C20H26O8/c1-23-13-7-11(8-14(24-2)17(13)21)19(27-5)20(28-6)12-9-15(25-3)18(22)16(10-12)26-4/h7-10,19-22H,1-6H3. The molecule has 0 aliphatic heterocycles. The van der Waals surface area contributed by atoms with Gasteiger partial charge in [-0.3, -0.25) is 0 Å². The molecule has 0 saturated heterocycles. The van der Waals surface area contributed by atoms with Gasteiger partial charge < -0.3 is 38.6 Å². The molecule has 8 heteroatoms. The second-order valence-corrected chi connectivity index (χ2v) is 5.86. The number of hydrogen-bond donors (Lipinski definition) is 2. The molecule has 0 aliphatic carbocycles. The largest absolute Gasteiger partial charge is 0.502 e. The third-order valence-corrected chi connectivity index (χ3v) is 4.44. The highest BCUT2D eigenvalue weighted by atomic mass is 16.5. The van der Waals surface area contributed by atoms with Gasteiger partial charge in [0.05, 0.1) is 28.4 Å². The fraction of sp³-hybridized carbons (Fsp3) is 0.400. The van der Waals surface area contributed by atoms with Gasteiger partial charge in [0.15, 0.2) is 23.0 Å². The number of ether oxygens (including phenoxy) is 6.